The van der Waals surface area contributed by atoms with Gasteiger partial charge in [-0.2, -0.15) is 0 Å². The molecule has 2 N–H and O–H groups in total. The highest BCUT2D eigenvalue weighted by molar-refractivity contribution is 5.97. The molecule has 112 valence electrons. The minimum atomic E-state index is -0.247. The van der Waals surface area contributed by atoms with Crippen LogP contribution in [0.5, 0.6) is 0 Å². The summed E-state index contributed by atoms with van der Waals surface area (Å²) >= 11 is 0. The van der Waals surface area contributed by atoms with Crippen molar-refractivity contribution in [3.05, 3.63) is 29.9 Å². The molecule has 1 aromatic heterocycles. The Morgan fingerprint density at radius 3 is 2.86 bits per heavy atom. The van der Waals surface area contributed by atoms with Crippen LogP contribution in [-0.4, -0.2) is 34.0 Å². The van der Waals surface area contributed by atoms with Crippen LogP contribution in [0.4, 0.5) is 0 Å². The zero-order valence-corrected chi connectivity index (χ0v) is 12.0. The van der Waals surface area contributed by atoms with E-state index in [1.807, 2.05) is 4.57 Å². The van der Waals surface area contributed by atoms with Gasteiger partial charge < -0.3 is 15.2 Å². The molecule has 3 rings (SSSR count). The molecule has 1 aromatic rings. The van der Waals surface area contributed by atoms with E-state index < -0.39 is 0 Å². The Labute approximate surface area is 123 Å². The number of nitrogens with zero attached hydrogens (tertiary/aromatic N) is 2. The van der Waals surface area contributed by atoms with Crippen molar-refractivity contribution in [3.63, 3.8) is 0 Å². The highest BCUT2D eigenvalue weighted by Crippen LogP contribution is 2.23. The Balaban J connectivity index is 1.89. The number of hydrogen-bond acceptors (Lipinski definition) is 3. The van der Waals surface area contributed by atoms with Gasteiger partial charge in [-0.1, -0.05) is 6.08 Å². The maximum Gasteiger partial charge on any atom is 0.287 e. The lowest BCUT2D eigenvalue weighted by molar-refractivity contribution is 0.0941. The first-order valence-corrected chi connectivity index (χ1v) is 7.50. The number of carbonyl (C=O) groups excluding carboxylic acids is 2. The van der Waals surface area contributed by atoms with Crippen LogP contribution in [0.25, 0.3) is 0 Å². The Morgan fingerprint density at radius 2 is 2.14 bits per heavy atom. The average molecular weight is 288 g/mol. The number of fused-ring (bicyclic) bond motifs is 1. The van der Waals surface area contributed by atoms with Crippen LogP contribution in [0.2, 0.25) is 0 Å². The molecular formula is C15H20N4O2. The normalized spacial score (nSPS) is 17.0. The standard InChI is InChI=1S/C15H20N4O2/c1-2-8-16-15(21)13-18-12(14(20)17-10-6-7-10)11-5-3-4-9-19(11)13/h2,10H,1,3-9H2,(H,16,21)(H,17,20). The van der Waals surface area contributed by atoms with Crippen molar-refractivity contribution < 1.29 is 9.59 Å². The summed E-state index contributed by atoms with van der Waals surface area (Å²) in [6.07, 6.45) is 6.54. The number of hydrogen-bond donors (Lipinski definition) is 2. The molecule has 0 spiro atoms. The van der Waals surface area contributed by atoms with Crippen LogP contribution >= 0.6 is 0 Å². The van der Waals surface area contributed by atoms with E-state index in [1.165, 1.54) is 0 Å². The van der Waals surface area contributed by atoms with E-state index in [0.717, 1.165) is 44.3 Å². The maximum atomic E-state index is 12.3. The van der Waals surface area contributed by atoms with Crippen molar-refractivity contribution >= 4 is 11.8 Å². The van der Waals surface area contributed by atoms with Gasteiger partial charge in [0.05, 0.1) is 5.69 Å². The van der Waals surface area contributed by atoms with Gasteiger partial charge in [-0.25, -0.2) is 4.98 Å². The topological polar surface area (TPSA) is 76.0 Å². The molecule has 1 aliphatic heterocycles. The fourth-order valence-corrected chi connectivity index (χ4v) is 2.62. The number of amides is 2. The minimum Gasteiger partial charge on any atom is -0.348 e. The van der Waals surface area contributed by atoms with Gasteiger partial charge >= 0.3 is 0 Å². The second-order valence-corrected chi connectivity index (χ2v) is 5.59. The lowest BCUT2D eigenvalue weighted by Crippen LogP contribution is -2.28. The van der Waals surface area contributed by atoms with E-state index in [2.05, 4.69) is 22.2 Å². The molecule has 1 saturated carbocycles. The van der Waals surface area contributed by atoms with Crippen molar-refractivity contribution in [1.82, 2.24) is 20.2 Å². The highest BCUT2D eigenvalue weighted by atomic mass is 16.2. The summed E-state index contributed by atoms with van der Waals surface area (Å²) in [5.74, 6) is -0.0538. The van der Waals surface area contributed by atoms with Gasteiger partial charge in [0.25, 0.3) is 11.8 Å². The quantitative estimate of drug-likeness (QED) is 0.794. The molecular weight excluding hydrogens is 268 g/mol. The van der Waals surface area contributed by atoms with Gasteiger partial charge in [0.1, 0.15) is 5.69 Å². The van der Waals surface area contributed by atoms with E-state index in [0.29, 0.717) is 18.1 Å². The predicted octanol–water partition coefficient (Wildman–Crippen LogP) is 1.03. The predicted molar refractivity (Wildman–Crippen MR) is 78.2 cm³/mol. The fraction of sp³-hybridized carbons (Fsp3) is 0.533. The summed E-state index contributed by atoms with van der Waals surface area (Å²) < 4.78 is 1.89. The maximum absolute atomic E-state index is 12.3. The lowest BCUT2D eigenvalue weighted by Gasteiger charge is -2.16. The Morgan fingerprint density at radius 1 is 1.33 bits per heavy atom. The molecule has 2 aliphatic rings. The van der Waals surface area contributed by atoms with Crippen molar-refractivity contribution in [1.29, 1.82) is 0 Å². The molecule has 1 aliphatic carbocycles. The van der Waals surface area contributed by atoms with Crippen LogP contribution in [0, 0.1) is 0 Å². The molecule has 1 fully saturated rings. The minimum absolute atomic E-state index is 0.147. The average Bonchev–Trinajstić information content (AvgIpc) is 3.22. The largest absolute Gasteiger partial charge is 0.348 e. The van der Waals surface area contributed by atoms with Crippen molar-refractivity contribution in [2.45, 2.75) is 44.7 Å². The molecule has 0 atom stereocenters. The molecule has 2 amide bonds. The number of carbonyl (C=O) groups is 2. The van der Waals surface area contributed by atoms with Crippen molar-refractivity contribution in [2.75, 3.05) is 6.54 Å². The second kappa shape index (κ2) is 5.71. The van der Waals surface area contributed by atoms with Gasteiger partial charge in [0, 0.05) is 19.1 Å². The van der Waals surface area contributed by atoms with Gasteiger partial charge in [0.15, 0.2) is 5.82 Å². The first-order valence-electron chi connectivity index (χ1n) is 7.50. The van der Waals surface area contributed by atoms with Crippen LogP contribution < -0.4 is 10.6 Å². The molecule has 0 unspecified atom stereocenters. The molecule has 0 radical (unpaired) electrons. The number of imidazole rings is 1. The highest BCUT2D eigenvalue weighted by Gasteiger charge is 2.30. The van der Waals surface area contributed by atoms with Crippen LogP contribution in [0.1, 0.15) is 52.5 Å². The van der Waals surface area contributed by atoms with Crippen molar-refractivity contribution in [2.24, 2.45) is 0 Å². The zero-order valence-electron chi connectivity index (χ0n) is 12.0. The summed E-state index contributed by atoms with van der Waals surface area (Å²) in [6.45, 7) is 4.72. The van der Waals surface area contributed by atoms with E-state index in [-0.39, 0.29) is 17.9 Å². The third-order valence-corrected chi connectivity index (χ3v) is 3.86. The molecule has 6 nitrogen and oxygen atoms in total. The molecule has 2 heterocycles. The summed E-state index contributed by atoms with van der Waals surface area (Å²) in [5, 5.41) is 5.69. The Bertz CT molecular complexity index is 587. The van der Waals surface area contributed by atoms with E-state index in [4.69, 9.17) is 0 Å². The number of nitrogens with one attached hydrogen (secondary N) is 2. The van der Waals surface area contributed by atoms with Crippen LogP contribution in [0.3, 0.4) is 0 Å². The SMILES string of the molecule is C=CCNC(=O)c1nc(C(=O)NC2CC2)c2n1CCCC2. The fourth-order valence-electron chi connectivity index (χ4n) is 2.62. The molecule has 0 aromatic carbocycles. The van der Waals surface area contributed by atoms with E-state index >= 15 is 0 Å². The third kappa shape index (κ3) is 2.84. The van der Waals surface area contributed by atoms with E-state index in [9.17, 15) is 9.59 Å². The van der Waals surface area contributed by atoms with Gasteiger partial charge in [0.2, 0.25) is 0 Å². The van der Waals surface area contributed by atoms with Crippen LogP contribution in [0.15, 0.2) is 12.7 Å². The number of rotatable bonds is 5. The van der Waals surface area contributed by atoms with Crippen LogP contribution in [-0.2, 0) is 13.0 Å². The third-order valence-electron chi connectivity index (χ3n) is 3.86. The summed E-state index contributed by atoms with van der Waals surface area (Å²) in [5.41, 5.74) is 1.31. The van der Waals surface area contributed by atoms with Gasteiger partial charge in [-0.3, -0.25) is 9.59 Å². The van der Waals surface area contributed by atoms with Gasteiger partial charge in [-0.15, -0.1) is 6.58 Å². The number of aromatic nitrogens is 2. The molecule has 0 saturated heterocycles. The lowest BCUT2D eigenvalue weighted by atomic mass is 10.1. The van der Waals surface area contributed by atoms with Crippen molar-refractivity contribution in [3.8, 4) is 0 Å². The molecule has 21 heavy (non-hydrogen) atoms. The monoisotopic (exact) mass is 288 g/mol. The smallest absolute Gasteiger partial charge is 0.287 e. The molecule has 6 heteroatoms. The second-order valence-electron chi connectivity index (χ2n) is 5.59. The van der Waals surface area contributed by atoms with Gasteiger partial charge in [-0.05, 0) is 32.1 Å². The molecule has 0 bridgehead atoms. The Kier molecular flexibility index (Phi) is 3.77. The zero-order chi connectivity index (χ0) is 14.8. The summed E-state index contributed by atoms with van der Waals surface area (Å²) in [6, 6.07) is 0.288. The summed E-state index contributed by atoms with van der Waals surface area (Å²) in [4.78, 5) is 28.8. The summed E-state index contributed by atoms with van der Waals surface area (Å²) in [7, 11) is 0. The first kappa shape index (κ1) is 13.9. The Hall–Kier alpha value is -2.11. The first-order chi connectivity index (χ1) is 10.2. The van der Waals surface area contributed by atoms with E-state index in [1.54, 1.807) is 6.08 Å².